The van der Waals surface area contributed by atoms with Gasteiger partial charge in [-0.2, -0.15) is 0 Å². The molecule has 2 N–H and O–H groups in total. The van der Waals surface area contributed by atoms with Crippen LogP contribution in [0.3, 0.4) is 0 Å². The predicted octanol–water partition coefficient (Wildman–Crippen LogP) is 0.261. The normalized spacial score (nSPS) is 12.4. The maximum Gasteiger partial charge on any atom is 0.221 e. The molecule has 1 aromatic rings. The third kappa shape index (κ3) is 2.65. The van der Waals surface area contributed by atoms with Crippen LogP contribution in [-0.2, 0) is 22.3 Å². The van der Waals surface area contributed by atoms with Crippen LogP contribution < -0.4 is 5.73 Å². The minimum absolute atomic E-state index is 0.0663. The van der Waals surface area contributed by atoms with E-state index in [1.165, 1.54) is 12.1 Å². The van der Waals surface area contributed by atoms with Gasteiger partial charge in [-0.05, 0) is 41.3 Å². The Bertz CT molecular complexity index is 390. The van der Waals surface area contributed by atoms with E-state index >= 15 is 0 Å². The summed E-state index contributed by atoms with van der Waals surface area (Å²) < 4.78 is 21.3. The third-order valence-corrected chi connectivity index (χ3v) is 2.52. The lowest BCUT2D eigenvalue weighted by molar-refractivity contribution is -0.117. The zero-order chi connectivity index (χ0) is 10.7. The predicted molar refractivity (Wildman–Crippen MR) is 51.3 cm³/mol. The Morgan fingerprint density at radius 3 is 2.71 bits per heavy atom. The summed E-state index contributed by atoms with van der Waals surface area (Å²) in [5.74, 6) is -0.470. The van der Waals surface area contributed by atoms with E-state index in [4.69, 9.17) is 5.73 Å². The maximum atomic E-state index is 10.7. The van der Waals surface area contributed by atoms with E-state index in [2.05, 4.69) is 0 Å². The molecule has 14 heavy (non-hydrogen) atoms. The molecule has 0 saturated heterocycles. The molecule has 0 aliphatic carbocycles. The minimum Gasteiger partial charge on any atom is -0.768 e. The van der Waals surface area contributed by atoms with Crippen LogP contribution in [0.1, 0.15) is 11.1 Å². The number of aryl methyl sites for hydroxylation is 1. The molecular formula is C9H10NO3S-. The molecule has 0 aliphatic rings. The molecule has 1 unspecified atom stereocenters. The molecule has 0 aliphatic heterocycles. The summed E-state index contributed by atoms with van der Waals surface area (Å²) in [6, 6.07) is 4.61. The van der Waals surface area contributed by atoms with Gasteiger partial charge in [0.1, 0.15) is 0 Å². The molecule has 0 radical (unpaired) electrons. The highest BCUT2D eigenvalue weighted by Crippen LogP contribution is 2.13. The quantitative estimate of drug-likeness (QED) is 0.729. The Morgan fingerprint density at radius 2 is 2.21 bits per heavy atom. The number of primary amides is 1. The summed E-state index contributed by atoms with van der Waals surface area (Å²) in [7, 11) is 0. The van der Waals surface area contributed by atoms with Crippen molar-refractivity contribution in [2.75, 3.05) is 0 Å². The van der Waals surface area contributed by atoms with E-state index in [1.54, 1.807) is 13.0 Å². The van der Waals surface area contributed by atoms with Gasteiger partial charge in [0.15, 0.2) is 0 Å². The first-order valence-electron chi connectivity index (χ1n) is 3.98. The van der Waals surface area contributed by atoms with E-state index in [0.29, 0.717) is 5.56 Å². The molecule has 76 valence electrons. The second-order valence-electron chi connectivity index (χ2n) is 2.97. The molecule has 0 spiro atoms. The van der Waals surface area contributed by atoms with Gasteiger partial charge in [-0.3, -0.25) is 9.00 Å². The fourth-order valence-electron chi connectivity index (χ4n) is 1.13. The van der Waals surface area contributed by atoms with Crippen LogP contribution in [-0.4, -0.2) is 14.7 Å². The smallest absolute Gasteiger partial charge is 0.221 e. The first-order chi connectivity index (χ1) is 6.50. The topological polar surface area (TPSA) is 83.2 Å². The zero-order valence-electron chi connectivity index (χ0n) is 7.65. The van der Waals surface area contributed by atoms with Crippen molar-refractivity contribution < 1.29 is 13.6 Å². The van der Waals surface area contributed by atoms with Crippen molar-refractivity contribution in [2.24, 2.45) is 5.73 Å². The lowest BCUT2D eigenvalue weighted by atomic mass is 10.1. The van der Waals surface area contributed by atoms with Crippen LogP contribution >= 0.6 is 0 Å². The van der Waals surface area contributed by atoms with Crippen molar-refractivity contribution in [3.8, 4) is 0 Å². The second-order valence-corrected chi connectivity index (χ2v) is 3.91. The van der Waals surface area contributed by atoms with Crippen LogP contribution in [0, 0.1) is 6.92 Å². The van der Waals surface area contributed by atoms with Gasteiger partial charge in [0.25, 0.3) is 0 Å². The molecule has 1 amide bonds. The Labute approximate surface area is 84.4 Å². The van der Waals surface area contributed by atoms with Crippen LogP contribution in [0.25, 0.3) is 0 Å². The lowest BCUT2D eigenvalue weighted by Gasteiger charge is -2.09. The third-order valence-electron chi connectivity index (χ3n) is 1.88. The van der Waals surface area contributed by atoms with Crippen molar-refractivity contribution in [2.45, 2.75) is 18.2 Å². The number of nitrogens with two attached hydrogens (primary N) is 1. The molecule has 0 bridgehead atoms. The molecule has 0 fully saturated rings. The monoisotopic (exact) mass is 212 g/mol. The summed E-state index contributed by atoms with van der Waals surface area (Å²) in [5, 5.41) is 0. The van der Waals surface area contributed by atoms with Crippen LogP contribution in [0.2, 0.25) is 0 Å². The molecule has 5 heteroatoms. The molecule has 0 saturated carbocycles. The summed E-state index contributed by atoms with van der Waals surface area (Å²) in [6.45, 7) is 1.80. The van der Waals surface area contributed by atoms with Gasteiger partial charge in [-0.1, -0.05) is 6.07 Å². The van der Waals surface area contributed by atoms with Crippen molar-refractivity contribution in [3.05, 3.63) is 29.3 Å². The first kappa shape index (κ1) is 10.9. The Balaban J connectivity index is 3.08. The van der Waals surface area contributed by atoms with Crippen molar-refractivity contribution in [3.63, 3.8) is 0 Å². The van der Waals surface area contributed by atoms with E-state index < -0.39 is 17.0 Å². The standard InChI is InChI=1S/C9H11NO3S/c1-6-2-3-8(14(12)13)4-7(6)5-9(10)11/h2-4H,5H2,1H3,(H2,10,11)(H,12,13)/p-1. The Hall–Kier alpha value is -1.20. The van der Waals surface area contributed by atoms with Gasteiger partial charge >= 0.3 is 0 Å². The highest BCUT2D eigenvalue weighted by molar-refractivity contribution is 7.79. The van der Waals surface area contributed by atoms with E-state index in [1.807, 2.05) is 0 Å². The molecule has 0 aromatic heterocycles. The van der Waals surface area contributed by atoms with Crippen LogP contribution in [0.5, 0.6) is 0 Å². The van der Waals surface area contributed by atoms with E-state index in [9.17, 15) is 13.6 Å². The summed E-state index contributed by atoms with van der Waals surface area (Å²) >= 11 is -2.26. The maximum absolute atomic E-state index is 10.7. The highest BCUT2D eigenvalue weighted by Gasteiger charge is 2.03. The lowest BCUT2D eigenvalue weighted by Crippen LogP contribution is -2.14. The number of rotatable bonds is 3. The summed E-state index contributed by atoms with van der Waals surface area (Å²) in [6.07, 6.45) is 0.0663. The molecule has 0 heterocycles. The van der Waals surface area contributed by atoms with E-state index in [-0.39, 0.29) is 11.3 Å². The van der Waals surface area contributed by atoms with Gasteiger partial charge in [0.2, 0.25) is 5.91 Å². The summed E-state index contributed by atoms with van der Waals surface area (Å²) in [4.78, 5) is 10.8. The number of hydrogen-bond acceptors (Lipinski definition) is 3. The minimum atomic E-state index is -2.26. The molecule has 1 atom stereocenters. The SMILES string of the molecule is Cc1ccc(S(=O)[O-])cc1CC(N)=O. The Kier molecular flexibility index (Phi) is 3.38. The number of carbonyl (C=O) groups excluding carboxylic acids is 1. The average molecular weight is 212 g/mol. The van der Waals surface area contributed by atoms with Gasteiger partial charge in [-0.15, -0.1) is 0 Å². The van der Waals surface area contributed by atoms with E-state index in [0.717, 1.165) is 5.56 Å². The van der Waals surface area contributed by atoms with Crippen LogP contribution in [0.15, 0.2) is 23.1 Å². The van der Waals surface area contributed by atoms with Crippen molar-refractivity contribution >= 4 is 17.0 Å². The zero-order valence-corrected chi connectivity index (χ0v) is 8.47. The number of hydrogen-bond donors (Lipinski definition) is 1. The number of carbonyl (C=O) groups is 1. The van der Waals surface area contributed by atoms with Gasteiger partial charge in [0.05, 0.1) is 6.42 Å². The van der Waals surface area contributed by atoms with Gasteiger partial charge in [0, 0.05) is 4.90 Å². The highest BCUT2D eigenvalue weighted by atomic mass is 32.2. The fraction of sp³-hybridized carbons (Fsp3) is 0.222. The Morgan fingerprint density at radius 1 is 1.57 bits per heavy atom. The van der Waals surface area contributed by atoms with Crippen LogP contribution in [0.4, 0.5) is 0 Å². The molecule has 4 nitrogen and oxygen atoms in total. The number of benzene rings is 1. The van der Waals surface area contributed by atoms with Gasteiger partial charge in [-0.25, -0.2) is 0 Å². The molecule has 1 rings (SSSR count). The average Bonchev–Trinajstić information content (AvgIpc) is 2.07. The van der Waals surface area contributed by atoms with Gasteiger partial charge < -0.3 is 10.3 Å². The largest absolute Gasteiger partial charge is 0.768 e. The van der Waals surface area contributed by atoms with Crippen molar-refractivity contribution in [1.29, 1.82) is 0 Å². The fourth-order valence-corrected chi connectivity index (χ4v) is 1.55. The molecular weight excluding hydrogens is 202 g/mol. The number of amides is 1. The summed E-state index contributed by atoms with van der Waals surface area (Å²) in [5.41, 5.74) is 6.54. The molecule has 1 aromatic carbocycles. The first-order valence-corrected chi connectivity index (χ1v) is 5.05. The second kappa shape index (κ2) is 4.34. The van der Waals surface area contributed by atoms with Crippen molar-refractivity contribution in [1.82, 2.24) is 0 Å².